The number of carbonyl (C=O) groups excluding carboxylic acids is 1. The van der Waals surface area contributed by atoms with E-state index >= 15 is 0 Å². The van der Waals surface area contributed by atoms with E-state index in [-0.39, 0.29) is 12.5 Å². The Kier molecular flexibility index (Phi) is 5.28. The Labute approximate surface area is 151 Å². The Morgan fingerprint density at radius 1 is 1.20 bits per heavy atom. The minimum atomic E-state index is -0.316. The average Bonchev–Trinajstić information content (AvgIpc) is 3.19. The molecule has 0 N–H and O–H groups in total. The molecule has 3 aromatic rings. The number of ether oxygens (including phenoxy) is 1. The summed E-state index contributed by atoms with van der Waals surface area (Å²) in [5.41, 5.74) is 3.78. The van der Waals surface area contributed by atoms with Gasteiger partial charge in [-0.05, 0) is 44.4 Å². The molecule has 0 saturated carbocycles. The number of carbonyl (C=O) groups is 1. The van der Waals surface area contributed by atoms with Crippen molar-refractivity contribution in [1.29, 1.82) is 0 Å². The van der Waals surface area contributed by atoms with E-state index in [1.54, 1.807) is 4.68 Å². The summed E-state index contributed by atoms with van der Waals surface area (Å²) in [6.07, 6.45) is 1.88. The van der Waals surface area contributed by atoms with Crippen molar-refractivity contribution in [2.45, 2.75) is 20.4 Å². The van der Waals surface area contributed by atoms with Crippen LogP contribution in [0, 0.1) is 13.8 Å². The Hall–Kier alpha value is -2.47. The van der Waals surface area contributed by atoms with Crippen LogP contribution in [0.5, 0.6) is 0 Å². The van der Waals surface area contributed by atoms with Crippen LogP contribution in [-0.2, 0) is 16.1 Å². The lowest BCUT2D eigenvalue weighted by atomic mass is 10.1. The highest BCUT2D eigenvalue weighted by Crippen LogP contribution is 2.29. The molecule has 0 bridgehead atoms. The molecule has 3 rings (SSSR count). The van der Waals surface area contributed by atoms with Crippen molar-refractivity contribution in [3.8, 4) is 22.8 Å². The van der Waals surface area contributed by atoms with Crippen molar-refractivity contribution in [2.75, 3.05) is 12.2 Å². The first-order chi connectivity index (χ1) is 12.1. The minimum absolute atomic E-state index is 0.0597. The van der Waals surface area contributed by atoms with Crippen molar-refractivity contribution >= 4 is 17.7 Å². The predicted octanol–water partition coefficient (Wildman–Crippen LogP) is 4.29. The monoisotopic (exact) mass is 356 g/mol. The Balaban J connectivity index is 1.86. The Morgan fingerprint density at radius 3 is 2.76 bits per heavy atom. The van der Waals surface area contributed by atoms with Gasteiger partial charge in [0.1, 0.15) is 23.9 Å². The van der Waals surface area contributed by atoms with Gasteiger partial charge in [0.15, 0.2) is 5.76 Å². The number of nitrogens with zero attached hydrogens (tertiary/aromatic N) is 2. The lowest BCUT2D eigenvalue weighted by Gasteiger charge is -2.06. The van der Waals surface area contributed by atoms with Crippen LogP contribution in [0.4, 0.5) is 0 Å². The Bertz CT molecular complexity index is 882. The van der Waals surface area contributed by atoms with Crippen molar-refractivity contribution in [1.82, 2.24) is 9.78 Å². The molecule has 0 aliphatic rings. The van der Waals surface area contributed by atoms with Crippen LogP contribution in [0.2, 0.25) is 0 Å². The molecule has 0 radical (unpaired) electrons. The maximum atomic E-state index is 11.9. The van der Waals surface area contributed by atoms with Crippen LogP contribution in [0.15, 0.2) is 46.9 Å². The fourth-order valence-corrected chi connectivity index (χ4v) is 2.84. The fourth-order valence-electron chi connectivity index (χ4n) is 2.59. The number of benzene rings is 1. The third kappa shape index (κ3) is 4.14. The first-order valence-corrected chi connectivity index (χ1v) is 9.32. The number of aromatic nitrogens is 2. The highest BCUT2D eigenvalue weighted by atomic mass is 32.2. The molecule has 0 aliphatic heterocycles. The van der Waals surface area contributed by atoms with Gasteiger partial charge in [-0.25, -0.2) is 0 Å². The van der Waals surface area contributed by atoms with Crippen LogP contribution in [0.3, 0.4) is 0 Å². The zero-order valence-electron chi connectivity index (χ0n) is 14.5. The van der Waals surface area contributed by atoms with E-state index in [4.69, 9.17) is 9.15 Å². The van der Waals surface area contributed by atoms with E-state index in [1.807, 2.05) is 56.5 Å². The van der Waals surface area contributed by atoms with E-state index in [0.717, 1.165) is 22.7 Å². The topological polar surface area (TPSA) is 57.3 Å². The van der Waals surface area contributed by atoms with Gasteiger partial charge in [-0.1, -0.05) is 23.8 Å². The van der Waals surface area contributed by atoms with Crippen LogP contribution in [-0.4, -0.2) is 27.9 Å². The number of hydrogen-bond donors (Lipinski definition) is 0. The fraction of sp³-hybridized carbons (Fsp3) is 0.263. The van der Waals surface area contributed by atoms with Gasteiger partial charge < -0.3 is 9.15 Å². The summed E-state index contributed by atoms with van der Waals surface area (Å²) in [5.74, 6) is 1.49. The largest absolute Gasteiger partial charge is 0.454 e. The molecule has 0 fully saturated rings. The number of esters is 1. The van der Waals surface area contributed by atoms with E-state index in [2.05, 4.69) is 11.2 Å². The van der Waals surface area contributed by atoms with E-state index in [0.29, 0.717) is 11.7 Å². The second-order valence-electron chi connectivity index (χ2n) is 5.78. The van der Waals surface area contributed by atoms with Gasteiger partial charge in [0.2, 0.25) is 0 Å². The summed E-state index contributed by atoms with van der Waals surface area (Å²) in [5, 5.41) is 4.38. The summed E-state index contributed by atoms with van der Waals surface area (Å²) in [6, 6.07) is 13.9. The molecule has 0 spiro atoms. The van der Waals surface area contributed by atoms with Gasteiger partial charge >= 0.3 is 5.97 Å². The molecule has 5 nitrogen and oxygen atoms in total. The quantitative estimate of drug-likeness (QED) is 0.487. The van der Waals surface area contributed by atoms with E-state index in [9.17, 15) is 4.79 Å². The number of furan rings is 1. The van der Waals surface area contributed by atoms with Crippen molar-refractivity contribution in [3.63, 3.8) is 0 Å². The maximum Gasteiger partial charge on any atom is 0.328 e. The molecular formula is C19H20N2O3S. The molecule has 2 heterocycles. The Morgan fingerprint density at radius 2 is 2.00 bits per heavy atom. The standard InChI is InChI=1S/C19H20N2O3S/c1-13-5-4-6-15(9-13)17-7-8-18(24-17)16-10-14(2)20-21(16)11-19(22)23-12-25-3/h4-10H,11-12H2,1-3H3. The lowest BCUT2D eigenvalue weighted by molar-refractivity contribution is -0.142. The van der Waals surface area contributed by atoms with Crippen LogP contribution in [0.25, 0.3) is 22.8 Å². The SMILES string of the molecule is CSCOC(=O)Cn1nc(C)cc1-c1ccc(-c2cccc(C)c2)o1. The maximum absolute atomic E-state index is 11.9. The zero-order valence-corrected chi connectivity index (χ0v) is 15.3. The second kappa shape index (κ2) is 7.61. The number of rotatable bonds is 6. The van der Waals surface area contributed by atoms with Crippen molar-refractivity contribution in [3.05, 3.63) is 53.7 Å². The third-order valence-electron chi connectivity index (χ3n) is 3.68. The van der Waals surface area contributed by atoms with Gasteiger partial charge in [-0.3, -0.25) is 9.48 Å². The van der Waals surface area contributed by atoms with Crippen LogP contribution >= 0.6 is 11.8 Å². The molecular weight excluding hydrogens is 336 g/mol. The first kappa shape index (κ1) is 17.4. The number of thioether (sulfide) groups is 1. The summed E-state index contributed by atoms with van der Waals surface area (Å²) in [6.45, 7) is 3.99. The van der Waals surface area contributed by atoms with Crippen molar-refractivity contribution < 1.29 is 13.9 Å². The van der Waals surface area contributed by atoms with E-state index < -0.39 is 0 Å². The van der Waals surface area contributed by atoms with Gasteiger partial charge in [0, 0.05) is 5.56 Å². The molecule has 6 heteroatoms. The second-order valence-corrected chi connectivity index (χ2v) is 6.60. The smallest absolute Gasteiger partial charge is 0.328 e. The molecule has 25 heavy (non-hydrogen) atoms. The summed E-state index contributed by atoms with van der Waals surface area (Å²) in [4.78, 5) is 11.9. The van der Waals surface area contributed by atoms with Gasteiger partial charge in [-0.15, -0.1) is 11.8 Å². The molecule has 0 aliphatic carbocycles. The normalized spacial score (nSPS) is 10.8. The summed E-state index contributed by atoms with van der Waals surface area (Å²) >= 11 is 1.46. The minimum Gasteiger partial charge on any atom is -0.454 e. The summed E-state index contributed by atoms with van der Waals surface area (Å²) < 4.78 is 12.7. The molecule has 0 amide bonds. The molecule has 0 unspecified atom stereocenters. The number of hydrogen-bond acceptors (Lipinski definition) is 5. The van der Waals surface area contributed by atoms with E-state index in [1.165, 1.54) is 17.3 Å². The third-order valence-corrected chi connectivity index (χ3v) is 4.03. The molecule has 0 atom stereocenters. The summed E-state index contributed by atoms with van der Waals surface area (Å²) in [7, 11) is 0. The predicted molar refractivity (Wildman–Crippen MR) is 99.3 cm³/mol. The van der Waals surface area contributed by atoms with Crippen molar-refractivity contribution in [2.24, 2.45) is 0 Å². The highest BCUT2D eigenvalue weighted by Gasteiger charge is 2.16. The van der Waals surface area contributed by atoms with Gasteiger partial charge in [-0.2, -0.15) is 5.10 Å². The van der Waals surface area contributed by atoms with Crippen LogP contribution < -0.4 is 0 Å². The average molecular weight is 356 g/mol. The van der Waals surface area contributed by atoms with Gasteiger partial charge in [0.05, 0.1) is 5.69 Å². The molecule has 2 aromatic heterocycles. The zero-order chi connectivity index (χ0) is 17.8. The lowest BCUT2D eigenvalue weighted by Crippen LogP contribution is -2.15. The first-order valence-electron chi connectivity index (χ1n) is 7.93. The molecule has 1 aromatic carbocycles. The highest BCUT2D eigenvalue weighted by molar-refractivity contribution is 7.98. The van der Waals surface area contributed by atoms with Crippen LogP contribution in [0.1, 0.15) is 11.3 Å². The number of aryl methyl sites for hydroxylation is 2. The molecule has 130 valence electrons. The molecule has 0 saturated heterocycles. The van der Waals surface area contributed by atoms with Gasteiger partial charge in [0.25, 0.3) is 0 Å².